The Bertz CT molecular complexity index is 904. The quantitative estimate of drug-likeness (QED) is 0.711. The Morgan fingerprint density at radius 1 is 1.08 bits per heavy atom. The van der Waals surface area contributed by atoms with Crippen LogP contribution in [0, 0.1) is 13.8 Å². The van der Waals surface area contributed by atoms with Gasteiger partial charge in [0.25, 0.3) is 5.91 Å². The van der Waals surface area contributed by atoms with Crippen molar-refractivity contribution in [2.45, 2.75) is 13.8 Å². The number of halogens is 2. The second-order valence-electron chi connectivity index (χ2n) is 5.37. The number of para-hydroxylation sites is 1. The highest BCUT2D eigenvalue weighted by Crippen LogP contribution is 2.27. The molecule has 0 saturated heterocycles. The van der Waals surface area contributed by atoms with Gasteiger partial charge in [-0.15, -0.1) is 0 Å². The number of nitrogens with one attached hydrogen (secondary N) is 1. The van der Waals surface area contributed by atoms with E-state index >= 15 is 0 Å². The van der Waals surface area contributed by atoms with Gasteiger partial charge >= 0.3 is 0 Å². The minimum Gasteiger partial charge on any atom is -0.321 e. The number of amides is 1. The minimum absolute atomic E-state index is 0.253. The number of rotatable bonds is 3. The van der Waals surface area contributed by atoms with Crippen LogP contribution in [0.5, 0.6) is 0 Å². The van der Waals surface area contributed by atoms with Crippen LogP contribution in [0.25, 0.3) is 5.69 Å². The summed E-state index contributed by atoms with van der Waals surface area (Å²) in [4.78, 5) is 12.7. The molecule has 1 heterocycles. The van der Waals surface area contributed by atoms with Crippen molar-refractivity contribution in [3.05, 3.63) is 75.5 Å². The van der Waals surface area contributed by atoms with E-state index in [9.17, 15) is 4.79 Å². The van der Waals surface area contributed by atoms with Crippen molar-refractivity contribution in [2.24, 2.45) is 0 Å². The van der Waals surface area contributed by atoms with Gasteiger partial charge in [-0.1, -0.05) is 41.4 Å². The van der Waals surface area contributed by atoms with Crippen LogP contribution in [0.4, 0.5) is 5.69 Å². The Labute approximate surface area is 150 Å². The summed E-state index contributed by atoms with van der Waals surface area (Å²) in [7, 11) is 0. The summed E-state index contributed by atoms with van der Waals surface area (Å²) in [6, 6.07) is 14.6. The molecule has 0 spiro atoms. The lowest BCUT2D eigenvalue weighted by Gasteiger charge is -2.08. The van der Waals surface area contributed by atoms with E-state index < -0.39 is 0 Å². The van der Waals surface area contributed by atoms with Crippen LogP contribution in [0.3, 0.4) is 0 Å². The molecule has 3 rings (SSSR count). The maximum Gasteiger partial charge on any atom is 0.259 e. The van der Waals surface area contributed by atoms with Crippen molar-refractivity contribution in [3.8, 4) is 5.69 Å². The summed E-state index contributed by atoms with van der Waals surface area (Å²) in [6.45, 7) is 3.68. The number of nitrogens with zero attached hydrogens (tertiary/aromatic N) is 2. The average Bonchev–Trinajstić information content (AvgIpc) is 2.85. The molecule has 122 valence electrons. The zero-order chi connectivity index (χ0) is 17.3. The van der Waals surface area contributed by atoms with Crippen LogP contribution in [-0.2, 0) is 0 Å². The summed E-state index contributed by atoms with van der Waals surface area (Å²) >= 11 is 12.0. The van der Waals surface area contributed by atoms with Gasteiger partial charge in [-0.25, -0.2) is 4.68 Å². The first-order valence-corrected chi connectivity index (χ1v) is 8.11. The largest absolute Gasteiger partial charge is 0.321 e. The molecule has 1 amide bonds. The number of anilines is 1. The molecule has 0 aliphatic heterocycles. The zero-order valence-electron chi connectivity index (χ0n) is 13.2. The molecule has 2 aromatic carbocycles. The Hall–Kier alpha value is -2.30. The summed E-state index contributed by atoms with van der Waals surface area (Å²) in [5, 5.41) is 8.21. The Kier molecular flexibility index (Phi) is 4.60. The van der Waals surface area contributed by atoms with Crippen LogP contribution >= 0.6 is 23.2 Å². The summed E-state index contributed by atoms with van der Waals surface area (Å²) in [6.07, 6.45) is 0. The number of hydrogen-bond donors (Lipinski definition) is 1. The van der Waals surface area contributed by atoms with Gasteiger partial charge in [0.15, 0.2) is 0 Å². The third kappa shape index (κ3) is 3.16. The van der Waals surface area contributed by atoms with Crippen molar-refractivity contribution in [1.82, 2.24) is 9.78 Å². The van der Waals surface area contributed by atoms with Crippen molar-refractivity contribution < 1.29 is 4.79 Å². The molecule has 0 bridgehead atoms. The van der Waals surface area contributed by atoms with E-state index in [1.165, 1.54) is 0 Å². The van der Waals surface area contributed by atoms with Gasteiger partial charge in [0, 0.05) is 5.02 Å². The number of carbonyl (C=O) groups excluding carboxylic acids is 1. The first-order chi connectivity index (χ1) is 11.5. The second-order valence-corrected chi connectivity index (χ2v) is 6.22. The van der Waals surface area contributed by atoms with Crippen LogP contribution in [0.1, 0.15) is 21.7 Å². The molecule has 1 N–H and O–H groups in total. The molecular formula is C18H15Cl2N3O. The number of carbonyl (C=O) groups is 1. The maximum absolute atomic E-state index is 12.7. The summed E-state index contributed by atoms with van der Waals surface area (Å²) in [5.74, 6) is -0.253. The fraction of sp³-hybridized carbons (Fsp3) is 0.111. The second kappa shape index (κ2) is 6.67. The lowest BCUT2D eigenvalue weighted by atomic mass is 10.1. The number of benzene rings is 2. The minimum atomic E-state index is -0.253. The van der Waals surface area contributed by atoms with E-state index in [-0.39, 0.29) is 5.91 Å². The highest BCUT2D eigenvalue weighted by Gasteiger charge is 2.20. The van der Waals surface area contributed by atoms with Crippen molar-refractivity contribution in [1.29, 1.82) is 0 Å². The molecule has 1 aromatic heterocycles. The number of aryl methyl sites for hydroxylation is 1. The standard InChI is InChI=1S/C18H15Cl2N3O/c1-11-17(12(2)23(22-11)14-6-4-3-5-7-14)18(24)21-16-9-8-13(19)10-15(16)20/h3-10H,1-2H3,(H,21,24). The molecular weight excluding hydrogens is 345 g/mol. The van der Waals surface area contributed by atoms with E-state index in [1.807, 2.05) is 44.2 Å². The van der Waals surface area contributed by atoms with Gasteiger partial charge in [-0.2, -0.15) is 5.10 Å². The SMILES string of the molecule is Cc1nn(-c2ccccc2)c(C)c1C(=O)Nc1ccc(Cl)cc1Cl. The lowest BCUT2D eigenvalue weighted by molar-refractivity contribution is 0.102. The zero-order valence-corrected chi connectivity index (χ0v) is 14.7. The summed E-state index contributed by atoms with van der Waals surface area (Å²) in [5.41, 5.74) is 3.36. The molecule has 6 heteroatoms. The van der Waals surface area contributed by atoms with Crippen molar-refractivity contribution in [3.63, 3.8) is 0 Å². The van der Waals surface area contributed by atoms with Gasteiger partial charge in [0.2, 0.25) is 0 Å². The molecule has 0 aliphatic carbocycles. The first-order valence-electron chi connectivity index (χ1n) is 7.35. The molecule has 0 aliphatic rings. The van der Waals surface area contributed by atoms with Crippen LogP contribution < -0.4 is 5.32 Å². The smallest absolute Gasteiger partial charge is 0.259 e. The number of hydrogen-bond acceptors (Lipinski definition) is 2. The highest BCUT2D eigenvalue weighted by atomic mass is 35.5. The van der Waals surface area contributed by atoms with E-state index in [4.69, 9.17) is 23.2 Å². The van der Waals surface area contributed by atoms with Crippen LogP contribution in [0.2, 0.25) is 10.0 Å². The lowest BCUT2D eigenvalue weighted by Crippen LogP contribution is -2.14. The van der Waals surface area contributed by atoms with Crippen LogP contribution in [0.15, 0.2) is 48.5 Å². The predicted octanol–water partition coefficient (Wildman–Crippen LogP) is 5.05. The van der Waals surface area contributed by atoms with E-state index in [2.05, 4.69) is 10.4 Å². The Morgan fingerprint density at radius 3 is 2.46 bits per heavy atom. The van der Waals surface area contributed by atoms with Crippen LogP contribution in [-0.4, -0.2) is 15.7 Å². The molecule has 0 fully saturated rings. The molecule has 0 atom stereocenters. The first kappa shape index (κ1) is 16.6. The van der Waals surface area contributed by atoms with E-state index in [0.717, 1.165) is 11.4 Å². The van der Waals surface area contributed by atoms with E-state index in [1.54, 1.807) is 22.9 Å². The molecule has 0 unspecified atom stereocenters. The van der Waals surface area contributed by atoms with Gasteiger partial charge < -0.3 is 5.32 Å². The fourth-order valence-corrected chi connectivity index (χ4v) is 3.02. The monoisotopic (exact) mass is 359 g/mol. The normalized spacial score (nSPS) is 10.7. The Morgan fingerprint density at radius 2 is 1.79 bits per heavy atom. The van der Waals surface area contributed by atoms with Gasteiger partial charge in [0.1, 0.15) is 0 Å². The maximum atomic E-state index is 12.7. The van der Waals surface area contributed by atoms with Gasteiger partial charge in [-0.05, 0) is 44.2 Å². The molecule has 3 aromatic rings. The third-order valence-electron chi connectivity index (χ3n) is 3.70. The Balaban J connectivity index is 1.95. The molecule has 0 saturated carbocycles. The van der Waals surface area contributed by atoms with Gasteiger partial charge in [0.05, 0.1) is 33.3 Å². The summed E-state index contributed by atoms with van der Waals surface area (Å²) < 4.78 is 1.76. The predicted molar refractivity (Wildman–Crippen MR) is 97.5 cm³/mol. The molecule has 4 nitrogen and oxygen atoms in total. The van der Waals surface area contributed by atoms with Crippen molar-refractivity contribution in [2.75, 3.05) is 5.32 Å². The average molecular weight is 360 g/mol. The topological polar surface area (TPSA) is 46.9 Å². The molecule has 0 radical (unpaired) electrons. The molecule has 24 heavy (non-hydrogen) atoms. The van der Waals surface area contributed by atoms with Crippen molar-refractivity contribution >= 4 is 34.8 Å². The van der Waals surface area contributed by atoms with E-state index in [0.29, 0.717) is 27.0 Å². The number of aromatic nitrogens is 2. The highest BCUT2D eigenvalue weighted by molar-refractivity contribution is 6.36. The van der Waals surface area contributed by atoms with Gasteiger partial charge in [-0.3, -0.25) is 4.79 Å². The third-order valence-corrected chi connectivity index (χ3v) is 4.25. The fourth-order valence-electron chi connectivity index (χ4n) is 2.57.